The van der Waals surface area contributed by atoms with Gasteiger partial charge in [0.25, 0.3) is 0 Å². The molecule has 0 rings (SSSR count). The van der Waals surface area contributed by atoms with Gasteiger partial charge in [0.1, 0.15) is 0 Å². The topological polar surface area (TPSA) is 29.5 Å². The van der Waals surface area contributed by atoms with Gasteiger partial charge in [-0.1, -0.05) is 6.58 Å². The molecule has 0 spiro atoms. The number of ether oxygens (including phenoxy) is 1. The van der Waals surface area contributed by atoms with Crippen molar-refractivity contribution in [3.63, 3.8) is 0 Å². The molecule has 0 saturated carbocycles. The number of hydrogen-bond donors (Lipinski definition) is 0. The summed E-state index contributed by atoms with van der Waals surface area (Å²) >= 11 is 0. The second-order valence-corrected chi connectivity index (χ2v) is 2.32. The molecule has 1 amide bonds. The van der Waals surface area contributed by atoms with Crippen molar-refractivity contribution >= 4 is 5.91 Å². The maximum absolute atomic E-state index is 11.1. The second-order valence-electron chi connectivity index (χ2n) is 2.32. The van der Waals surface area contributed by atoms with E-state index in [1.54, 1.807) is 4.90 Å². The summed E-state index contributed by atoms with van der Waals surface area (Å²) in [7, 11) is 0. The molecule has 0 aliphatic carbocycles. The third-order valence-electron chi connectivity index (χ3n) is 1.58. The summed E-state index contributed by atoms with van der Waals surface area (Å²) in [4.78, 5) is 12.8. The van der Waals surface area contributed by atoms with Gasteiger partial charge in [-0.25, -0.2) is 0 Å². The van der Waals surface area contributed by atoms with Crippen LogP contribution in [-0.4, -0.2) is 37.1 Å². The third-order valence-corrected chi connectivity index (χ3v) is 1.58. The molecular weight excluding hydrogens is 154 g/mol. The van der Waals surface area contributed by atoms with Crippen molar-refractivity contribution in [3.8, 4) is 0 Å². The Kier molecular flexibility index (Phi) is 6.38. The van der Waals surface area contributed by atoms with E-state index in [2.05, 4.69) is 6.58 Å². The maximum atomic E-state index is 11.1. The molecule has 0 aliphatic rings. The van der Waals surface area contributed by atoms with Crippen molar-refractivity contribution < 1.29 is 9.53 Å². The number of hydrogen-bond acceptors (Lipinski definition) is 2. The number of carbonyl (C=O) groups excluding carboxylic acids is 1. The van der Waals surface area contributed by atoms with Gasteiger partial charge in [-0.15, -0.1) is 0 Å². The molecule has 0 atom stereocenters. The van der Waals surface area contributed by atoms with Gasteiger partial charge < -0.3 is 9.64 Å². The van der Waals surface area contributed by atoms with Crippen molar-refractivity contribution in [1.29, 1.82) is 0 Å². The van der Waals surface area contributed by atoms with Gasteiger partial charge in [-0.3, -0.25) is 4.79 Å². The van der Waals surface area contributed by atoms with E-state index in [9.17, 15) is 4.79 Å². The predicted molar refractivity (Wildman–Crippen MR) is 48.9 cm³/mol. The highest BCUT2D eigenvalue weighted by molar-refractivity contribution is 5.86. The van der Waals surface area contributed by atoms with Gasteiger partial charge in [-0.05, 0) is 19.9 Å². The van der Waals surface area contributed by atoms with Gasteiger partial charge in [0.2, 0.25) is 5.91 Å². The van der Waals surface area contributed by atoms with Gasteiger partial charge in [0.05, 0.1) is 6.61 Å². The largest absolute Gasteiger partial charge is 0.380 e. The van der Waals surface area contributed by atoms with E-state index < -0.39 is 0 Å². The van der Waals surface area contributed by atoms with E-state index in [0.717, 1.165) is 0 Å². The van der Waals surface area contributed by atoms with Crippen molar-refractivity contribution in [1.82, 2.24) is 4.90 Å². The summed E-state index contributed by atoms with van der Waals surface area (Å²) in [5.74, 6) is -0.0304. The molecular formula is C9H17NO2. The first kappa shape index (κ1) is 11.2. The van der Waals surface area contributed by atoms with Gasteiger partial charge in [0.15, 0.2) is 0 Å². The highest BCUT2D eigenvalue weighted by Crippen LogP contribution is 1.90. The van der Waals surface area contributed by atoms with E-state index in [4.69, 9.17) is 4.74 Å². The molecule has 0 aromatic carbocycles. The van der Waals surface area contributed by atoms with Gasteiger partial charge >= 0.3 is 0 Å². The molecule has 0 aliphatic heterocycles. The van der Waals surface area contributed by atoms with Crippen LogP contribution in [-0.2, 0) is 9.53 Å². The number of amides is 1. The Hall–Kier alpha value is -0.830. The molecule has 0 unspecified atom stereocenters. The summed E-state index contributed by atoms with van der Waals surface area (Å²) in [5.41, 5.74) is 0. The molecule has 0 heterocycles. The molecule has 0 saturated heterocycles. The first-order chi connectivity index (χ1) is 5.76. The van der Waals surface area contributed by atoms with Crippen LogP contribution < -0.4 is 0 Å². The van der Waals surface area contributed by atoms with Crippen LogP contribution in [0.5, 0.6) is 0 Å². The van der Waals surface area contributed by atoms with Crippen LogP contribution in [0.4, 0.5) is 0 Å². The molecule has 70 valence electrons. The number of carbonyl (C=O) groups is 1. The minimum absolute atomic E-state index is 0.0304. The normalized spacial score (nSPS) is 9.50. The standard InChI is InChI=1S/C9H17NO2/c1-4-9(11)10(5-2)7-8-12-6-3/h4H,1,5-8H2,2-3H3. The van der Waals surface area contributed by atoms with Crippen molar-refractivity contribution in [2.75, 3.05) is 26.3 Å². The highest BCUT2D eigenvalue weighted by atomic mass is 16.5. The van der Waals surface area contributed by atoms with E-state index in [-0.39, 0.29) is 5.91 Å². The van der Waals surface area contributed by atoms with Crippen LogP contribution in [0.25, 0.3) is 0 Å². The first-order valence-electron chi connectivity index (χ1n) is 4.25. The average Bonchev–Trinajstić information content (AvgIpc) is 2.11. The molecule has 3 nitrogen and oxygen atoms in total. The Morgan fingerprint density at radius 2 is 2.25 bits per heavy atom. The summed E-state index contributed by atoms with van der Waals surface area (Å²) in [6.45, 7) is 9.95. The number of likely N-dealkylation sites (N-methyl/N-ethyl adjacent to an activating group) is 1. The Labute approximate surface area is 74.0 Å². The van der Waals surface area contributed by atoms with E-state index in [1.165, 1.54) is 6.08 Å². The van der Waals surface area contributed by atoms with E-state index in [0.29, 0.717) is 26.3 Å². The summed E-state index contributed by atoms with van der Waals surface area (Å²) < 4.78 is 5.13. The molecule has 0 fully saturated rings. The SMILES string of the molecule is C=CC(=O)N(CC)CCOCC. The second kappa shape index (κ2) is 6.85. The summed E-state index contributed by atoms with van der Waals surface area (Å²) in [6.07, 6.45) is 1.33. The Morgan fingerprint density at radius 3 is 2.67 bits per heavy atom. The van der Waals surface area contributed by atoms with Crippen molar-refractivity contribution in [3.05, 3.63) is 12.7 Å². The van der Waals surface area contributed by atoms with Crippen LogP contribution >= 0.6 is 0 Å². The molecule has 0 aromatic heterocycles. The summed E-state index contributed by atoms with van der Waals surface area (Å²) in [5, 5.41) is 0. The lowest BCUT2D eigenvalue weighted by Crippen LogP contribution is -2.32. The molecule has 0 N–H and O–H groups in total. The molecule has 3 heteroatoms. The Bertz CT molecular complexity index is 145. The fourth-order valence-electron chi connectivity index (χ4n) is 0.872. The molecule has 0 aromatic rings. The van der Waals surface area contributed by atoms with Crippen LogP contribution in [0.3, 0.4) is 0 Å². The zero-order valence-electron chi connectivity index (χ0n) is 7.88. The lowest BCUT2D eigenvalue weighted by Gasteiger charge is -2.18. The zero-order chi connectivity index (χ0) is 9.40. The minimum atomic E-state index is -0.0304. The lowest BCUT2D eigenvalue weighted by atomic mass is 10.4. The smallest absolute Gasteiger partial charge is 0.246 e. The monoisotopic (exact) mass is 171 g/mol. The van der Waals surface area contributed by atoms with Crippen molar-refractivity contribution in [2.45, 2.75) is 13.8 Å². The maximum Gasteiger partial charge on any atom is 0.246 e. The van der Waals surface area contributed by atoms with Gasteiger partial charge in [0, 0.05) is 19.7 Å². The highest BCUT2D eigenvalue weighted by Gasteiger charge is 2.05. The predicted octanol–water partition coefficient (Wildman–Crippen LogP) is 1.06. The fourth-order valence-corrected chi connectivity index (χ4v) is 0.872. The summed E-state index contributed by atoms with van der Waals surface area (Å²) in [6, 6.07) is 0. The van der Waals surface area contributed by atoms with E-state index in [1.807, 2.05) is 13.8 Å². The molecule has 0 bridgehead atoms. The van der Waals surface area contributed by atoms with Crippen LogP contribution in [0, 0.1) is 0 Å². The van der Waals surface area contributed by atoms with Crippen molar-refractivity contribution in [2.24, 2.45) is 0 Å². The molecule has 0 radical (unpaired) electrons. The zero-order valence-corrected chi connectivity index (χ0v) is 7.88. The fraction of sp³-hybridized carbons (Fsp3) is 0.667. The molecule has 12 heavy (non-hydrogen) atoms. The number of nitrogens with zero attached hydrogens (tertiary/aromatic N) is 1. The van der Waals surface area contributed by atoms with E-state index >= 15 is 0 Å². The minimum Gasteiger partial charge on any atom is -0.380 e. The van der Waals surface area contributed by atoms with Crippen LogP contribution in [0.1, 0.15) is 13.8 Å². The lowest BCUT2D eigenvalue weighted by molar-refractivity contribution is -0.126. The third kappa shape index (κ3) is 4.13. The quantitative estimate of drug-likeness (QED) is 0.441. The number of rotatable bonds is 6. The van der Waals surface area contributed by atoms with Crippen LogP contribution in [0.15, 0.2) is 12.7 Å². The van der Waals surface area contributed by atoms with Gasteiger partial charge in [-0.2, -0.15) is 0 Å². The average molecular weight is 171 g/mol. The first-order valence-corrected chi connectivity index (χ1v) is 4.25. The Balaban J connectivity index is 3.67. The Morgan fingerprint density at radius 1 is 1.58 bits per heavy atom. The van der Waals surface area contributed by atoms with Crippen LogP contribution in [0.2, 0.25) is 0 Å².